The Morgan fingerprint density at radius 3 is 2.07 bits per heavy atom. The Hall–Kier alpha value is -3.57. The summed E-state index contributed by atoms with van der Waals surface area (Å²) in [5, 5.41) is 10.2. The Labute approximate surface area is 252 Å². The van der Waals surface area contributed by atoms with Gasteiger partial charge in [0.2, 0.25) is 5.91 Å². The first kappa shape index (κ1) is 30.4. The zero-order valence-electron chi connectivity index (χ0n) is 23.7. The molecule has 1 heterocycles. The summed E-state index contributed by atoms with van der Waals surface area (Å²) >= 11 is 12.3. The highest BCUT2D eigenvalue weighted by Crippen LogP contribution is 2.29. The van der Waals surface area contributed by atoms with Crippen LogP contribution in [0.25, 0.3) is 11.1 Å². The Morgan fingerprint density at radius 2 is 1.51 bits per heavy atom. The van der Waals surface area contributed by atoms with Crippen molar-refractivity contribution in [1.29, 1.82) is 5.26 Å². The summed E-state index contributed by atoms with van der Waals surface area (Å²) in [6, 6.07) is 23.0. The third-order valence-corrected chi connectivity index (χ3v) is 8.25. The number of likely N-dealkylation sites (N-methyl/N-ethyl adjacent to an activating group) is 1. The maximum atomic E-state index is 13.6. The Kier molecular flexibility index (Phi) is 10.3. The van der Waals surface area contributed by atoms with Crippen LogP contribution in [-0.4, -0.2) is 80.4 Å². The molecule has 9 heteroatoms. The van der Waals surface area contributed by atoms with Gasteiger partial charge in [0.05, 0.1) is 28.7 Å². The van der Waals surface area contributed by atoms with Gasteiger partial charge >= 0.3 is 0 Å². The minimum Gasteiger partial charge on any atom is -0.349 e. The topological polar surface area (TPSA) is 70.9 Å². The van der Waals surface area contributed by atoms with Crippen LogP contribution in [0.5, 0.6) is 0 Å². The summed E-state index contributed by atoms with van der Waals surface area (Å²) in [6.07, 6.45) is 2.31. The van der Waals surface area contributed by atoms with Crippen molar-refractivity contribution in [3.63, 3.8) is 0 Å². The van der Waals surface area contributed by atoms with Gasteiger partial charge in [-0.25, -0.2) is 0 Å². The summed E-state index contributed by atoms with van der Waals surface area (Å²) in [7, 11) is 5.31. The molecule has 4 rings (SSSR count). The van der Waals surface area contributed by atoms with Gasteiger partial charge in [-0.2, -0.15) is 5.26 Å². The number of carbonyl (C=O) groups excluding carboxylic acids is 2. The Bertz CT molecular complexity index is 1400. The minimum absolute atomic E-state index is 0.0307. The lowest BCUT2D eigenvalue weighted by Gasteiger charge is -2.34. The van der Waals surface area contributed by atoms with E-state index in [1.165, 1.54) is 0 Å². The number of benzene rings is 3. The van der Waals surface area contributed by atoms with Gasteiger partial charge in [0, 0.05) is 38.9 Å². The maximum Gasteiger partial charge on any atom is 0.253 e. The number of rotatable bonds is 10. The second-order valence-electron chi connectivity index (χ2n) is 10.5. The third-order valence-electron chi connectivity index (χ3n) is 7.51. The first-order valence-corrected chi connectivity index (χ1v) is 14.4. The molecule has 1 saturated heterocycles. The highest BCUT2D eigenvalue weighted by molar-refractivity contribution is 6.42. The molecule has 0 bridgehead atoms. The third kappa shape index (κ3) is 7.59. The van der Waals surface area contributed by atoms with Crippen molar-refractivity contribution in [2.75, 3.05) is 58.8 Å². The van der Waals surface area contributed by atoms with Crippen molar-refractivity contribution in [1.82, 2.24) is 14.7 Å². The van der Waals surface area contributed by atoms with Crippen molar-refractivity contribution >= 4 is 40.7 Å². The van der Waals surface area contributed by atoms with E-state index in [0.29, 0.717) is 21.3 Å². The number of amides is 2. The second-order valence-corrected chi connectivity index (χ2v) is 11.4. The lowest BCUT2D eigenvalue weighted by molar-refractivity contribution is -0.131. The monoisotopic (exact) mass is 591 g/mol. The predicted octanol–water partition coefficient (Wildman–Crippen LogP) is 5.99. The van der Waals surface area contributed by atoms with Crippen molar-refractivity contribution in [2.24, 2.45) is 0 Å². The normalized spacial score (nSPS) is 13.9. The van der Waals surface area contributed by atoms with E-state index in [1.807, 2.05) is 31.3 Å². The van der Waals surface area contributed by atoms with Gasteiger partial charge in [-0.3, -0.25) is 9.59 Å². The average Bonchev–Trinajstić information content (AvgIpc) is 3.50. The van der Waals surface area contributed by atoms with Gasteiger partial charge in [0.1, 0.15) is 6.54 Å². The zero-order chi connectivity index (χ0) is 29.5. The SMILES string of the molecule is CN(C)C(=O)c1ccc(-c2ccc(C(CN3CCCC3)N(C)C(=O)CN(CC#N)c3ccc(Cl)c(Cl)c3)cc2)cc1. The number of anilines is 1. The van der Waals surface area contributed by atoms with E-state index in [0.717, 1.165) is 49.2 Å². The van der Waals surface area contributed by atoms with Gasteiger partial charge in [-0.15, -0.1) is 0 Å². The fourth-order valence-electron chi connectivity index (χ4n) is 5.08. The Balaban J connectivity index is 1.55. The molecule has 1 aliphatic heterocycles. The lowest BCUT2D eigenvalue weighted by Crippen LogP contribution is -2.43. The predicted molar refractivity (Wildman–Crippen MR) is 165 cm³/mol. The molecule has 0 aliphatic carbocycles. The molecule has 1 aliphatic rings. The van der Waals surface area contributed by atoms with Gasteiger partial charge in [-0.1, -0.05) is 59.6 Å². The van der Waals surface area contributed by atoms with Crippen LogP contribution < -0.4 is 4.90 Å². The summed E-state index contributed by atoms with van der Waals surface area (Å²) in [5.74, 6) is -0.127. The van der Waals surface area contributed by atoms with Crippen LogP contribution in [0.4, 0.5) is 5.69 Å². The van der Waals surface area contributed by atoms with Crippen molar-refractivity contribution < 1.29 is 9.59 Å². The van der Waals surface area contributed by atoms with E-state index in [2.05, 4.69) is 35.2 Å². The number of nitrogens with zero attached hydrogens (tertiary/aromatic N) is 5. The van der Waals surface area contributed by atoms with Gasteiger partial charge in [0.25, 0.3) is 5.91 Å². The molecule has 1 atom stereocenters. The molecule has 214 valence electrons. The highest BCUT2D eigenvalue weighted by atomic mass is 35.5. The maximum absolute atomic E-state index is 13.6. The van der Waals surface area contributed by atoms with Crippen molar-refractivity contribution in [3.8, 4) is 17.2 Å². The summed E-state index contributed by atoms with van der Waals surface area (Å²) < 4.78 is 0. The average molecular weight is 593 g/mol. The smallest absolute Gasteiger partial charge is 0.253 e. The van der Waals surface area contributed by atoms with Crippen LogP contribution in [0.1, 0.15) is 34.8 Å². The first-order valence-electron chi connectivity index (χ1n) is 13.6. The number of hydrogen-bond donors (Lipinski definition) is 0. The van der Waals surface area contributed by atoms with E-state index in [-0.39, 0.29) is 30.9 Å². The Morgan fingerprint density at radius 1 is 0.902 bits per heavy atom. The molecule has 0 saturated carbocycles. The number of halogens is 2. The zero-order valence-corrected chi connectivity index (χ0v) is 25.2. The molecule has 0 spiro atoms. The molecule has 0 radical (unpaired) electrons. The van der Waals surface area contributed by atoms with E-state index < -0.39 is 0 Å². The molecule has 1 fully saturated rings. The standard InChI is InChI=1S/C32H35Cl2N5O2/c1-36(2)32(41)26-12-8-24(9-13-26)23-6-10-25(11-7-23)30(21-38-17-4-5-18-38)37(3)31(40)22-39(19-16-35)27-14-15-28(33)29(34)20-27/h6-15,20,30H,4-5,17-19,21-22H2,1-3H3. The molecule has 2 amide bonds. The highest BCUT2D eigenvalue weighted by Gasteiger charge is 2.27. The van der Waals surface area contributed by atoms with E-state index >= 15 is 0 Å². The summed E-state index contributed by atoms with van der Waals surface area (Å²) in [6.45, 7) is 2.83. The van der Waals surface area contributed by atoms with Crippen molar-refractivity contribution in [2.45, 2.75) is 18.9 Å². The molecule has 0 aromatic heterocycles. The summed E-state index contributed by atoms with van der Waals surface area (Å²) in [5.41, 5.74) is 4.40. The molecule has 3 aromatic rings. The van der Waals surface area contributed by atoms with E-state index in [4.69, 9.17) is 23.2 Å². The number of hydrogen-bond acceptors (Lipinski definition) is 5. The lowest BCUT2D eigenvalue weighted by atomic mass is 9.98. The largest absolute Gasteiger partial charge is 0.349 e. The fourth-order valence-corrected chi connectivity index (χ4v) is 5.37. The number of carbonyl (C=O) groups is 2. The number of nitriles is 1. The van der Waals surface area contributed by atoms with Crippen LogP contribution in [0.15, 0.2) is 66.7 Å². The molecular formula is C32H35Cl2N5O2. The quantitative estimate of drug-likeness (QED) is 0.271. The van der Waals surface area contributed by atoms with Crippen molar-refractivity contribution in [3.05, 3.63) is 87.9 Å². The first-order chi connectivity index (χ1) is 19.7. The molecular weight excluding hydrogens is 557 g/mol. The minimum atomic E-state index is -0.160. The second kappa shape index (κ2) is 13.9. The molecule has 3 aromatic carbocycles. The van der Waals surface area contributed by atoms with Crippen LogP contribution in [0.3, 0.4) is 0 Å². The van der Waals surface area contributed by atoms with Crippen LogP contribution in [0.2, 0.25) is 10.0 Å². The van der Waals surface area contributed by atoms with Gasteiger partial charge in [0.15, 0.2) is 0 Å². The molecule has 1 unspecified atom stereocenters. The number of likely N-dealkylation sites (tertiary alicyclic amines) is 1. The van der Waals surface area contributed by atoms with Crippen LogP contribution in [-0.2, 0) is 4.79 Å². The fraction of sp³-hybridized carbons (Fsp3) is 0.344. The molecule has 41 heavy (non-hydrogen) atoms. The van der Waals surface area contributed by atoms with Gasteiger partial charge < -0.3 is 19.6 Å². The van der Waals surface area contributed by atoms with E-state index in [1.54, 1.807) is 47.0 Å². The van der Waals surface area contributed by atoms with Gasteiger partial charge in [-0.05, 0) is 73.0 Å². The van der Waals surface area contributed by atoms with E-state index in [9.17, 15) is 14.9 Å². The van der Waals surface area contributed by atoms with Crippen LogP contribution >= 0.6 is 23.2 Å². The molecule has 0 N–H and O–H groups in total. The summed E-state index contributed by atoms with van der Waals surface area (Å²) in [4.78, 5) is 33.3. The molecule has 7 nitrogen and oxygen atoms in total. The van der Waals surface area contributed by atoms with Crippen LogP contribution in [0, 0.1) is 11.3 Å².